The number of rotatable bonds is 2. The number of nitrogens with zero attached hydrogens (tertiary/aromatic N) is 2. The zero-order valence-corrected chi connectivity index (χ0v) is 11.7. The number of hydrogen-bond donors (Lipinski definition) is 2. The van der Waals surface area contributed by atoms with Crippen LogP contribution in [0.2, 0.25) is 0 Å². The highest BCUT2D eigenvalue weighted by Gasteiger charge is 2.32. The van der Waals surface area contributed by atoms with E-state index in [1.165, 1.54) is 25.9 Å². The number of benzene rings is 1. The van der Waals surface area contributed by atoms with E-state index in [1.807, 2.05) is 4.90 Å². The van der Waals surface area contributed by atoms with Crippen LogP contribution in [0.1, 0.15) is 29.6 Å². The Morgan fingerprint density at radius 3 is 2.60 bits per heavy atom. The van der Waals surface area contributed by atoms with E-state index in [2.05, 4.69) is 4.90 Å². The van der Waals surface area contributed by atoms with E-state index in [9.17, 15) is 4.79 Å². The molecule has 1 aromatic carbocycles. The Bertz CT molecular complexity index is 511. The summed E-state index contributed by atoms with van der Waals surface area (Å²) >= 11 is 0. The largest absolute Gasteiger partial charge is 0.399 e. The monoisotopic (exact) mass is 274 g/mol. The lowest BCUT2D eigenvalue weighted by atomic mass is 10.1. The molecule has 1 aromatic rings. The molecule has 20 heavy (non-hydrogen) atoms. The van der Waals surface area contributed by atoms with Crippen molar-refractivity contribution in [2.75, 3.05) is 37.6 Å². The summed E-state index contributed by atoms with van der Waals surface area (Å²) in [6.07, 6.45) is 3.64. The van der Waals surface area contributed by atoms with Crippen molar-refractivity contribution in [1.29, 1.82) is 0 Å². The van der Waals surface area contributed by atoms with Crippen LogP contribution in [0.5, 0.6) is 0 Å². The van der Waals surface area contributed by atoms with Gasteiger partial charge in [0.2, 0.25) is 0 Å². The fourth-order valence-electron chi connectivity index (χ4n) is 3.28. The lowest BCUT2D eigenvalue weighted by Crippen LogP contribution is -2.37. The molecule has 0 aliphatic carbocycles. The van der Waals surface area contributed by atoms with Crippen LogP contribution in [0.25, 0.3) is 0 Å². The van der Waals surface area contributed by atoms with Gasteiger partial charge in [0, 0.05) is 30.5 Å². The SMILES string of the molecule is Nc1ccc(C(=O)N2CCC(N3CCCC3)C2)c(N)c1. The molecule has 0 saturated carbocycles. The zero-order chi connectivity index (χ0) is 14.1. The highest BCUT2D eigenvalue weighted by Crippen LogP contribution is 2.24. The maximum absolute atomic E-state index is 12.5. The first-order valence-electron chi connectivity index (χ1n) is 7.33. The average molecular weight is 274 g/mol. The molecule has 4 N–H and O–H groups in total. The van der Waals surface area contributed by atoms with Crippen molar-refractivity contribution < 1.29 is 4.79 Å². The molecule has 2 aliphatic heterocycles. The van der Waals surface area contributed by atoms with E-state index in [0.717, 1.165) is 19.5 Å². The lowest BCUT2D eigenvalue weighted by molar-refractivity contribution is 0.0781. The predicted molar refractivity (Wildman–Crippen MR) is 80.4 cm³/mol. The summed E-state index contributed by atoms with van der Waals surface area (Å²) < 4.78 is 0. The van der Waals surface area contributed by atoms with E-state index in [4.69, 9.17) is 11.5 Å². The van der Waals surface area contributed by atoms with Crippen LogP contribution in [0.4, 0.5) is 11.4 Å². The number of anilines is 2. The third-order valence-corrected chi connectivity index (χ3v) is 4.41. The topological polar surface area (TPSA) is 75.6 Å². The van der Waals surface area contributed by atoms with Crippen molar-refractivity contribution in [2.24, 2.45) is 0 Å². The first kappa shape index (κ1) is 13.2. The summed E-state index contributed by atoms with van der Waals surface area (Å²) in [5.41, 5.74) is 13.2. The molecule has 1 amide bonds. The molecule has 0 radical (unpaired) electrons. The lowest BCUT2D eigenvalue weighted by Gasteiger charge is -2.23. The van der Waals surface area contributed by atoms with Crippen molar-refractivity contribution in [2.45, 2.75) is 25.3 Å². The second-order valence-corrected chi connectivity index (χ2v) is 5.78. The summed E-state index contributed by atoms with van der Waals surface area (Å²) in [6, 6.07) is 5.64. The van der Waals surface area contributed by atoms with Crippen LogP contribution in [0.3, 0.4) is 0 Å². The number of carbonyl (C=O) groups is 1. The summed E-state index contributed by atoms with van der Waals surface area (Å²) in [7, 11) is 0. The molecule has 5 nitrogen and oxygen atoms in total. The molecular formula is C15H22N4O. The Morgan fingerprint density at radius 1 is 1.15 bits per heavy atom. The molecule has 0 bridgehead atoms. The smallest absolute Gasteiger partial charge is 0.256 e. The van der Waals surface area contributed by atoms with Crippen LogP contribution in [-0.2, 0) is 0 Å². The molecule has 2 heterocycles. The van der Waals surface area contributed by atoms with Gasteiger partial charge < -0.3 is 16.4 Å². The molecule has 2 aliphatic rings. The Balaban J connectivity index is 1.69. The molecule has 1 unspecified atom stereocenters. The standard InChI is InChI=1S/C15H22N4O/c16-11-3-4-13(14(17)9-11)15(20)19-8-5-12(10-19)18-6-1-2-7-18/h3-4,9,12H,1-2,5-8,10,16-17H2. The minimum Gasteiger partial charge on any atom is -0.399 e. The van der Waals surface area contributed by atoms with Gasteiger partial charge in [-0.1, -0.05) is 0 Å². The van der Waals surface area contributed by atoms with Gasteiger partial charge in [0.25, 0.3) is 5.91 Å². The van der Waals surface area contributed by atoms with Crippen molar-refractivity contribution in [3.63, 3.8) is 0 Å². The maximum atomic E-state index is 12.5. The van der Waals surface area contributed by atoms with E-state index >= 15 is 0 Å². The maximum Gasteiger partial charge on any atom is 0.256 e. The number of nitrogens with two attached hydrogens (primary N) is 2. The third kappa shape index (κ3) is 2.45. The van der Waals surface area contributed by atoms with E-state index in [0.29, 0.717) is 23.0 Å². The Morgan fingerprint density at radius 2 is 1.90 bits per heavy atom. The molecule has 0 spiro atoms. The van der Waals surface area contributed by atoms with Crippen LogP contribution >= 0.6 is 0 Å². The number of amides is 1. The molecule has 3 rings (SSSR count). The second-order valence-electron chi connectivity index (χ2n) is 5.78. The Hall–Kier alpha value is -1.75. The highest BCUT2D eigenvalue weighted by molar-refractivity contribution is 5.99. The van der Waals surface area contributed by atoms with Crippen molar-refractivity contribution in [1.82, 2.24) is 9.80 Å². The summed E-state index contributed by atoms with van der Waals surface area (Å²) in [4.78, 5) is 17.0. The summed E-state index contributed by atoms with van der Waals surface area (Å²) in [6.45, 7) is 4.00. The molecular weight excluding hydrogens is 252 g/mol. The molecule has 0 aromatic heterocycles. The van der Waals surface area contributed by atoms with Gasteiger partial charge >= 0.3 is 0 Å². The number of likely N-dealkylation sites (tertiary alicyclic amines) is 2. The van der Waals surface area contributed by atoms with Gasteiger partial charge in [0.15, 0.2) is 0 Å². The van der Waals surface area contributed by atoms with Gasteiger partial charge in [-0.2, -0.15) is 0 Å². The zero-order valence-electron chi connectivity index (χ0n) is 11.7. The Kier molecular flexibility index (Phi) is 3.53. The van der Waals surface area contributed by atoms with E-state index < -0.39 is 0 Å². The van der Waals surface area contributed by atoms with Crippen LogP contribution < -0.4 is 11.5 Å². The van der Waals surface area contributed by atoms with Gasteiger partial charge in [-0.15, -0.1) is 0 Å². The van der Waals surface area contributed by atoms with Gasteiger partial charge in [0.1, 0.15) is 0 Å². The third-order valence-electron chi connectivity index (χ3n) is 4.41. The molecule has 108 valence electrons. The minimum absolute atomic E-state index is 0.0317. The number of hydrogen-bond acceptors (Lipinski definition) is 4. The average Bonchev–Trinajstić information content (AvgIpc) is 3.09. The van der Waals surface area contributed by atoms with Gasteiger partial charge in [-0.05, 0) is 50.6 Å². The van der Waals surface area contributed by atoms with Gasteiger partial charge in [-0.3, -0.25) is 9.69 Å². The number of carbonyl (C=O) groups excluding carboxylic acids is 1. The molecule has 1 atom stereocenters. The number of nitrogen functional groups attached to an aromatic ring is 2. The quantitative estimate of drug-likeness (QED) is 0.794. The highest BCUT2D eigenvalue weighted by atomic mass is 16.2. The molecule has 2 fully saturated rings. The normalized spacial score (nSPS) is 23.4. The van der Waals surface area contributed by atoms with Crippen molar-refractivity contribution in [3.8, 4) is 0 Å². The minimum atomic E-state index is 0.0317. The van der Waals surface area contributed by atoms with E-state index in [1.54, 1.807) is 18.2 Å². The summed E-state index contributed by atoms with van der Waals surface area (Å²) in [5, 5.41) is 0. The fourth-order valence-corrected chi connectivity index (χ4v) is 3.28. The fraction of sp³-hybridized carbons (Fsp3) is 0.533. The van der Waals surface area contributed by atoms with Crippen molar-refractivity contribution >= 4 is 17.3 Å². The Labute approximate surface area is 119 Å². The second kappa shape index (κ2) is 5.32. The van der Waals surface area contributed by atoms with Crippen molar-refractivity contribution in [3.05, 3.63) is 23.8 Å². The van der Waals surface area contributed by atoms with Crippen LogP contribution in [0, 0.1) is 0 Å². The van der Waals surface area contributed by atoms with Gasteiger partial charge in [0.05, 0.1) is 5.56 Å². The van der Waals surface area contributed by atoms with Crippen LogP contribution in [-0.4, -0.2) is 47.9 Å². The van der Waals surface area contributed by atoms with Gasteiger partial charge in [-0.25, -0.2) is 0 Å². The van der Waals surface area contributed by atoms with Crippen LogP contribution in [0.15, 0.2) is 18.2 Å². The first-order chi connectivity index (χ1) is 9.65. The van der Waals surface area contributed by atoms with E-state index in [-0.39, 0.29) is 5.91 Å². The predicted octanol–water partition coefficient (Wildman–Crippen LogP) is 1.16. The molecule has 2 saturated heterocycles. The summed E-state index contributed by atoms with van der Waals surface area (Å²) in [5.74, 6) is 0.0317. The molecule has 5 heteroatoms. The first-order valence-corrected chi connectivity index (χ1v) is 7.33.